The summed E-state index contributed by atoms with van der Waals surface area (Å²) >= 11 is 0. The molecule has 1 aliphatic heterocycles. The lowest BCUT2D eigenvalue weighted by atomic mass is 9.80. The molecule has 84 valence electrons. The van der Waals surface area contributed by atoms with Crippen LogP contribution in [0, 0.1) is 0 Å². The molecule has 1 atom stereocenters. The highest BCUT2D eigenvalue weighted by molar-refractivity contribution is 4.98. The van der Waals surface area contributed by atoms with Crippen molar-refractivity contribution in [2.75, 3.05) is 26.7 Å². The number of ether oxygens (including phenoxy) is 1. The zero-order chi connectivity index (χ0) is 10.8. The van der Waals surface area contributed by atoms with E-state index in [4.69, 9.17) is 10.5 Å². The molecule has 0 aromatic heterocycles. The Hall–Kier alpha value is -0.120. The lowest BCUT2D eigenvalue weighted by Gasteiger charge is -2.49. The normalized spacial score (nSPS) is 32.1. The predicted octanol–water partition coefficient (Wildman–Crippen LogP) is 1.22. The summed E-state index contributed by atoms with van der Waals surface area (Å²) in [4.78, 5) is 2.37. The molecule has 1 fully saturated rings. The fourth-order valence-electron chi connectivity index (χ4n) is 2.44. The highest BCUT2D eigenvalue weighted by atomic mass is 16.5. The van der Waals surface area contributed by atoms with Gasteiger partial charge in [0.2, 0.25) is 0 Å². The van der Waals surface area contributed by atoms with Gasteiger partial charge < -0.3 is 10.5 Å². The Morgan fingerprint density at radius 1 is 1.43 bits per heavy atom. The Balaban J connectivity index is 2.78. The van der Waals surface area contributed by atoms with Crippen molar-refractivity contribution in [2.45, 2.75) is 44.8 Å². The smallest absolute Gasteiger partial charge is 0.0644 e. The molecule has 0 radical (unpaired) electrons. The van der Waals surface area contributed by atoms with E-state index in [2.05, 4.69) is 32.7 Å². The summed E-state index contributed by atoms with van der Waals surface area (Å²) in [6.45, 7) is 9.09. The van der Waals surface area contributed by atoms with Crippen LogP contribution in [-0.2, 0) is 4.74 Å². The second-order valence-electron chi connectivity index (χ2n) is 4.98. The maximum Gasteiger partial charge on any atom is 0.0644 e. The van der Waals surface area contributed by atoms with Crippen LogP contribution in [0.25, 0.3) is 0 Å². The molecule has 1 rings (SSSR count). The molecule has 0 aliphatic carbocycles. The van der Waals surface area contributed by atoms with Gasteiger partial charge in [-0.1, -0.05) is 6.92 Å². The molecule has 0 aromatic carbocycles. The van der Waals surface area contributed by atoms with Crippen molar-refractivity contribution >= 4 is 0 Å². The maximum atomic E-state index is 5.94. The number of nitrogens with zero attached hydrogens (tertiary/aromatic N) is 1. The minimum absolute atomic E-state index is 0.0267. The van der Waals surface area contributed by atoms with Crippen LogP contribution < -0.4 is 5.73 Å². The SMILES string of the molecule is CCN(C)C1(CN)CCOC(C)(C)C1. The number of nitrogens with two attached hydrogens (primary N) is 1. The molecule has 0 amide bonds. The Bertz CT molecular complexity index is 194. The summed E-state index contributed by atoms with van der Waals surface area (Å²) < 4.78 is 5.73. The van der Waals surface area contributed by atoms with E-state index in [1.807, 2.05) is 0 Å². The third-order valence-corrected chi connectivity index (χ3v) is 3.48. The number of hydrogen-bond donors (Lipinski definition) is 1. The van der Waals surface area contributed by atoms with Crippen LogP contribution >= 0.6 is 0 Å². The lowest BCUT2D eigenvalue weighted by molar-refractivity contribution is -0.112. The first-order valence-electron chi connectivity index (χ1n) is 5.51. The summed E-state index contributed by atoms with van der Waals surface area (Å²) in [5.41, 5.74) is 6.06. The summed E-state index contributed by atoms with van der Waals surface area (Å²) in [6, 6.07) is 0. The van der Waals surface area contributed by atoms with Crippen LogP contribution in [-0.4, -0.2) is 42.8 Å². The predicted molar refractivity (Wildman–Crippen MR) is 59.4 cm³/mol. The maximum absolute atomic E-state index is 5.94. The van der Waals surface area contributed by atoms with Crippen LogP contribution in [0.2, 0.25) is 0 Å². The van der Waals surface area contributed by atoms with Crippen molar-refractivity contribution < 1.29 is 4.74 Å². The Kier molecular flexibility index (Phi) is 3.56. The Morgan fingerprint density at radius 2 is 2.07 bits per heavy atom. The Labute approximate surface area is 87.6 Å². The highest BCUT2D eigenvalue weighted by Crippen LogP contribution is 2.34. The molecule has 3 nitrogen and oxygen atoms in total. The van der Waals surface area contributed by atoms with Gasteiger partial charge in [-0.2, -0.15) is 0 Å². The molecule has 0 spiro atoms. The van der Waals surface area contributed by atoms with Gasteiger partial charge in [0.05, 0.1) is 5.60 Å². The molecule has 14 heavy (non-hydrogen) atoms. The summed E-state index contributed by atoms with van der Waals surface area (Å²) in [7, 11) is 2.16. The van der Waals surface area contributed by atoms with Crippen LogP contribution in [0.4, 0.5) is 0 Å². The zero-order valence-corrected chi connectivity index (χ0v) is 9.97. The molecule has 0 bridgehead atoms. The fourth-order valence-corrected chi connectivity index (χ4v) is 2.44. The van der Waals surface area contributed by atoms with Gasteiger partial charge in [-0.05, 0) is 40.3 Å². The first kappa shape index (κ1) is 12.0. The van der Waals surface area contributed by atoms with Gasteiger partial charge in [-0.15, -0.1) is 0 Å². The number of likely N-dealkylation sites (N-methyl/N-ethyl adjacent to an activating group) is 1. The summed E-state index contributed by atoms with van der Waals surface area (Å²) in [5, 5.41) is 0. The molecule has 0 saturated carbocycles. The van der Waals surface area contributed by atoms with Gasteiger partial charge in [0.25, 0.3) is 0 Å². The lowest BCUT2D eigenvalue weighted by Crippen LogP contribution is -2.59. The van der Waals surface area contributed by atoms with Crippen molar-refractivity contribution in [3.05, 3.63) is 0 Å². The van der Waals surface area contributed by atoms with Gasteiger partial charge in [0, 0.05) is 18.7 Å². The van der Waals surface area contributed by atoms with Crippen molar-refractivity contribution in [3.63, 3.8) is 0 Å². The minimum atomic E-state index is -0.0267. The van der Waals surface area contributed by atoms with Crippen LogP contribution in [0.15, 0.2) is 0 Å². The average molecular weight is 200 g/mol. The van der Waals surface area contributed by atoms with E-state index >= 15 is 0 Å². The second-order valence-corrected chi connectivity index (χ2v) is 4.98. The van der Waals surface area contributed by atoms with Crippen molar-refractivity contribution in [3.8, 4) is 0 Å². The standard InChI is InChI=1S/C11H24N2O/c1-5-13(4)11(9-12)6-7-14-10(2,3)8-11/h5-9,12H2,1-4H3. The van der Waals surface area contributed by atoms with E-state index in [1.165, 1.54) is 0 Å². The molecule has 0 aromatic rings. The number of hydrogen-bond acceptors (Lipinski definition) is 3. The quantitative estimate of drug-likeness (QED) is 0.744. The first-order valence-corrected chi connectivity index (χ1v) is 5.51. The van der Waals surface area contributed by atoms with E-state index in [0.29, 0.717) is 0 Å². The third kappa shape index (κ3) is 2.27. The molecule has 1 heterocycles. The minimum Gasteiger partial charge on any atom is -0.375 e. The molecule has 2 N–H and O–H groups in total. The monoisotopic (exact) mass is 200 g/mol. The zero-order valence-electron chi connectivity index (χ0n) is 9.97. The van der Waals surface area contributed by atoms with Gasteiger partial charge >= 0.3 is 0 Å². The number of rotatable bonds is 3. The molecular weight excluding hydrogens is 176 g/mol. The summed E-state index contributed by atoms with van der Waals surface area (Å²) in [6.07, 6.45) is 2.08. The van der Waals surface area contributed by atoms with Crippen molar-refractivity contribution in [1.29, 1.82) is 0 Å². The van der Waals surface area contributed by atoms with E-state index < -0.39 is 0 Å². The van der Waals surface area contributed by atoms with E-state index in [1.54, 1.807) is 0 Å². The van der Waals surface area contributed by atoms with Crippen LogP contribution in [0.5, 0.6) is 0 Å². The largest absolute Gasteiger partial charge is 0.375 e. The molecule has 1 unspecified atom stereocenters. The van der Waals surface area contributed by atoms with Gasteiger partial charge in [-0.25, -0.2) is 0 Å². The summed E-state index contributed by atoms with van der Waals surface area (Å²) in [5.74, 6) is 0. The molecule has 1 aliphatic rings. The molecule has 1 saturated heterocycles. The van der Waals surface area contributed by atoms with Gasteiger partial charge in [0.15, 0.2) is 0 Å². The topological polar surface area (TPSA) is 38.5 Å². The van der Waals surface area contributed by atoms with E-state index in [0.717, 1.165) is 32.5 Å². The van der Waals surface area contributed by atoms with Crippen molar-refractivity contribution in [1.82, 2.24) is 4.90 Å². The fraction of sp³-hybridized carbons (Fsp3) is 1.00. The molecular formula is C11H24N2O. The van der Waals surface area contributed by atoms with Crippen molar-refractivity contribution in [2.24, 2.45) is 5.73 Å². The van der Waals surface area contributed by atoms with Crippen LogP contribution in [0.3, 0.4) is 0 Å². The van der Waals surface area contributed by atoms with Gasteiger partial charge in [0.1, 0.15) is 0 Å². The van der Waals surface area contributed by atoms with Gasteiger partial charge in [-0.3, -0.25) is 4.90 Å². The second kappa shape index (κ2) is 4.17. The first-order chi connectivity index (χ1) is 6.46. The van der Waals surface area contributed by atoms with Crippen LogP contribution in [0.1, 0.15) is 33.6 Å². The van der Waals surface area contributed by atoms with E-state index in [9.17, 15) is 0 Å². The molecule has 3 heteroatoms. The Morgan fingerprint density at radius 3 is 2.50 bits per heavy atom. The third-order valence-electron chi connectivity index (χ3n) is 3.48. The van der Waals surface area contributed by atoms with E-state index in [-0.39, 0.29) is 11.1 Å². The average Bonchev–Trinajstić information content (AvgIpc) is 2.14. The highest BCUT2D eigenvalue weighted by Gasteiger charge is 2.42.